The van der Waals surface area contributed by atoms with Crippen molar-refractivity contribution in [3.05, 3.63) is 0 Å². The van der Waals surface area contributed by atoms with E-state index in [0.29, 0.717) is 0 Å². The van der Waals surface area contributed by atoms with E-state index in [0.717, 1.165) is 12.5 Å². The van der Waals surface area contributed by atoms with E-state index in [2.05, 4.69) is 11.9 Å². The standard InChI is InChI=1S/C12H25NO/c1-13-9-5-3-4-7-12(11-14-2)8-6-10-13/h12H,3-11H2,1-2H3. The van der Waals surface area contributed by atoms with Crippen molar-refractivity contribution in [3.63, 3.8) is 0 Å². The molecule has 84 valence electrons. The summed E-state index contributed by atoms with van der Waals surface area (Å²) in [5.41, 5.74) is 0. The third-order valence-electron chi connectivity index (χ3n) is 3.21. The van der Waals surface area contributed by atoms with Gasteiger partial charge in [-0.15, -0.1) is 0 Å². The van der Waals surface area contributed by atoms with Gasteiger partial charge in [0.25, 0.3) is 0 Å². The molecule has 0 N–H and O–H groups in total. The minimum absolute atomic E-state index is 0.812. The number of methoxy groups -OCH3 is 1. The van der Waals surface area contributed by atoms with E-state index in [1.54, 1.807) is 0 Å². The smallest absolute Gasteiger partial charge is 0.0490 e. The summed E-state index contributed by atoms with van der Waals surface area (Å²) in [5.74, 6) is 0.812. The van der Waals surface area contributed by atoms with Crippen molar-refractivity contribution in [1.29, 1.82) is 0 Å². The Bertz CT molecular complexity index is 138. The van der Waals surface area contributed by atoms with Gasteiger partial charge in [-0.05, 0) is 51.7 Å². The van der Waals surface area contributed by atoms with Gasteiger partial charge in [0.1, 0.15) is 0 Å². The summed E-state index contributed by atoms with van der Waals surface area (Å²) in [6.07, 6.45) is 8.21. The zero-order chi connectivity index (χ0) is 10.2. The summed E-state index contributed by atoms with van der Waals surface area (Å²) in [5, 5.41) is 0. The lowest BCUT2D eigenvalue weighted by Crippen LogP contribution is -2.23. The first-order valence-corrected chi connectivity index (χ1v) is 6.00. The Morgan fingerprint density at radius 1 is 1.07 bits per heavy atom. The molecule has 1 rings (SSSR count). The number of rotatable bonds is 2. The summed E-state index contributed by atoms with van der Waals surface area (Å²) in [6, 6.07) is 0. The van der Waals surface area contributed by atoms with Gasteiger partial charge >= 0.3 is 0 Å². The molecule has 0 spiro atoms. The molecule has 1 heterocycles. The molecule has 1 unspecified atom stereocenters. The van der Waals surface area contributed by atoms with Crippen LogP contribution in [0.2, 0.25) is 0 Å². The predicted octanol–water partition coefficient (Wildman–Crippen LogP) is 2.54. The summed E-state index contributed by atoms with van der Waals surface area (Å²) < 4.78 is 5.26. The maximum Gasteiger partial charge on any atom is 0.0490 e. The molecule has 14 heavy (non-hydrogen) atoms. The second kappa shape index (κ2) is 7.24. The van der Waals surface area contributed by atoms with Gasteiger partial charge in [-0.3, -0.25) is 0 Å². The van der Waals surface area contributed by atoms with E-state index in [1.165, 1.54) is 51.6 Å². The predicted molar refractivity (Wildman–Crippen MR) is 60.6 cm³/mol. The molecule has 1 saturated heterocycles. The molecule has 2 nitrogen and oxygen atoms in total. The second-order valence-electron chi connectivity index (χ2n) is 4.62. The fourth-order valence-electron chi connectivity index (χ4n) is 2.30. The molecule has 2 heteroatoms. The van der Waals surface area contributed by atoms with Gasteiger partial charge in [-0.2, -0.15) is 0 Å². The van der Waals surface area contributed by atoms with Gasteiger partial charge in [0.2, 0.25) is 0 Å². The Kier molecular flexibility index (Phi) is 6.20. The topological polar surface area (TPSA) is 12.5 Å². The van der Waals surface area contributed by atoms with Crippen LogP contribution < -0.4 is 0 Å². The average molecular weight is 199 g/mol. The van der Waals surface area contributed by atoms with Gasteiger partial charge in [0, 0.05) is 13.7 Å². The molecule has 0 aliphatic carbocycles. The van der Waals surface area contributed by atoms with Gasteiger partial charge < -0.3 is 9.64 Å². The SMILES string of the molecule is COCC1CCCCCN(C)CCC1. The molecule has 0 radical (unpaired) electrons. The Hall–Kier alpha value is -0.0800. The largest absolute Gasteiger partial charge is 0.384 e. The van der Waals surface area contributed by atoms with E-state index in [9.17, 15) is 0 Å². The van der Waals surface area contributed by atoms with Crippen molar-refractivity contribution in [2.45, 2.75) is 38.5 Å². The molecule has 1 fully saturated rings. The number of hydrogen-bond donors (Lipinski definition) is 0. The Morgan fingerprint density at radius 3 is 2.57 bits per heavy atom. The Labute approximate surface area is 88.6 Å². The minimum atomic E-state index is 0.812. The summed E-state index contributed by atoms with van der Waals surface area (Å²) in [7, 11) is 4.07. The lowest BCUT2D eigenvalue weighted by Gasteiger charge is -2.22. The highest BCUT2D eigenvalue weighted by atomic mass is 16.5. The fraction of sp³-hybridized carbons (Fsp3) is 1.00. The van der Waals surface area contributed by atoms with Crippen molar-refractivity contribution in [2.24, 2.45) is 5.92 Å². The van der Waals surface area contributed by atoms with Crippen molar-refractivity contribution < 1.29 is 4.74 Å². The van der Waals surface area contributed by atoms with Gasteiger partial charge in [0.15, 0.2) is 0 Å². The summed E-state index contributed by atoms with van der Waals surface area (Å²) >= 11 is 0. The molecule has 0 amide bonds. The van der Waals surface area contributed by atoms with Crippen LogP contribution in [0.4, 0.5) is 0 Å². The van der Waals surface area contributed by atoms with Crippen LogP contribution in [0, 0.1) is 5.92 Å². The Morgan fingerprint density at radius 2 is 1.79 bits per heavy atom. The summed E-state index contributed by atoms with van der Waals surface area (Å²) in [6.45, 7) is 3.51. The van der Waals surface area contributed by atoms with Gasteiger partial charge in [0.05, 0.1) is 0 Å². The van der Waals surface area contributed by atoms with Crippen LogP contribution in [0.25, 0.3) is 0 Å². The first-order chi connectivity index (χ1) is 6.83. The molecule has 0 bridgehead atoms. The number of hydrogen-bond acceptors (Lipinski definition) is 2. The van der Waals surface area contributed by atoms with Crippen molar-refractivity contribution in [3.8, 4) is 0 Å². The van der Waals surface area contributed by atoms with Gasteiger partial charge in [-0.25, -0.2) is 0 Å². The van der Waals surface area contributed by atoms with E-state index in [1.807, 2.05) is 7.11 Å². The molecule has 1 aliphatic rings. The van der Waals surface area contributed by atoms with Crippen LogP contribution in [-0.4, -0.2) is 38.8 Å². The fourth-order valence-corrected chi connectivity index (χ4v) is 2.30. The third-order valence-corrected chi connectivity index (χ3v) is 3.21. The highest BCUT2D eigenvalue weighted by molar-refractivity contribution is 4.63. The lowest BCUT2D eigenvalue weighted by molar-refractivity contribution is 0.135. The molecule has 0 aromatic carbocycles. The quantitative estimate of drug-likeness (QED) is 0.677. The zero-order valence-corrected chi connectivity index (χ0v) is 9.80. The van der Waals surface area contributed by atoms with Crippen molar-refractivity contribution in [2.75, 3.05) is 33.9 Å². The average Bonchev–Trinajstić information content (AvgIpc) is 2.17. The van der Waals surface area contributed by atoms with Crippen LogP contribution in [0.3, 0.4) is 0 Å². The minimum Gasteiger partial charge on any atom is -0.384 e. The lowest BCUT2D eigenvalue weighted by atomic mass is 9.96. The molecule has 0 saturated carbocycles. The number of ether oxygens (including phenoxy) is 1. The van der Waals surface area contributed by atoms with Crippen LogP contribution in [-0.2, 0) is 4.74 Å². The maximum atomic E-state index is 5.26. The van der Waals surface area contributed by atoms with E-state index in [-0.39, 0.29) is 0 Å². The van der Waals surface area contributed by atoms with Crippen molar-refractivity contribution in [1.82, 2.24) is 4.90 Å². The van der Waals surface area contributed by atoms with Crippen LogP contribution in [0.15, 0.2) is 0 Å². The molecular formula is C12H25NO. The van der Waals surface area contributed by atoms with Crippen LogP contribution in [0.5, 0.6) is 0 Å². The van der Waals surface area contributed by atoms with Crippen molar-refractivity contribution >= 4 is 0 Å². The molecule has 1 aliphatic heterocycles. The second-order valence-corrected chi connectivity index (χ2v) is 4.62. The van der Waals surface area contributed by atoms with Gasteiger partial charge in [-0.1, -0.05) is 12.8 Å². The van der Waals surface area contributed by atoms with Crippen LogP contribution >= 0.6 is 0 Å². The van der Waals surface area contributed by atoms with Crippen LogP contribution in [0.1, 0.15) is 38.5 Å². The first-order valence-electron chi connectivity index (χ1n) is 6.00. The highest BCUT2D eigenvalue weighted by Gasteiger charge is 2.10. The van der Waals surface area contributed by atoms with E-state index >= 15 is 0 Å². The Balaban J connectivity index is 2.26. The number of nitrogens with zero attached hydrogens (tertiary/aromatic N) is 1. The first kappa shape index (κ1) is 12.0. The monoisotopic (exact) mass is 199 g/mol. The third kappa shape index (κ3) is 4.97. The summed E-state index contributed by atoms with van der Waals surface area (Å²) in [4.78, 5) is 2.47. The normalized spacial score (nSPS) is 27.4. The molecule has 1 atom stereocenters. The molecule has 0 aromatic rings. The maximum absolute atomic E-state index is 5.26. The molecular weight excluding hydrogens is 174 g/mol. The molecule has 0 aromatic heterocycles. The highest BCUT2D eigenvalue weighted by Crippen LogP contribution is 2.18. The van der Waals surface area contributed by atoms with E-state index in [4.69, 9.17) is 4.74 Å². The van der Waals surface area contributed by atoms with E-state index < -0.39 is 0 Å². The zero-order valence-electron chi connectivity index (χ0n) is 9.80.